The Bertz CT molecular complexity index is 189. The zero-order valence-electron chi connectivity index (χ0n) is 9.30. The molecule has 0 bridgehead atoms. The zero-order valence-corrected chi connectivity index (χ0v) is 10.1. The van der Waals surface area contributed by atoms with E-state index in [-0.39, 0.29) is 5.54 Å². The van der Waals surface area contributed by atoms with E-state index in [1.807, 2.05) is 0 Å². The summed E-state index contributed by atoms with van der Waals surface area (Å²) < 4.78 is 0. The summed E-state index contributed by atoms with van der Waals surface area (Å²) in [4.78, 5) is 0. The van der Waals surface area contributed by atoms with Crippen molar-refractivity contribution in [2.24, 2.45) is 17.6 Å². The Morgan fingerprint density at radius 3 is 2.93 bits per heavy atom. The second kappa shape index (κ2) is 4.44. The van der Waals surface area contributed by atoms with Gasteiger partial charge in [0.1, 0.15) is 0 Å². The van der Waals surface area contributed by atoms with Crippen molar-refractivity contribution in [1.29, 1.82) is 0 Å². The van der Waals surface area contributed by atoms with Gasteiger partial charge in [-0.3, -0.25) is 0 Å². The van der Waals surface area contributed by atoms with Crippen LogP contribution in [0.4, 0.5) is 0 Å². The maximum Gasteiger partial charge on any atom is 0.0193 e. The molecule has 2 fully saturated rings. The molecular formula is C12H23NS. The highest BCUT2D eigenvalue weighted by Crippen LogP contribution is 2.42. The molecule has 1 heterocycles. The van der Waals surface area contributed by atoms with Crippen molar-refractivity contribution in [2.75, 3.05) is 11.5 Å². The number of nitrogens with two attached hydrogens (primary N) is 1. The lowest BCUT2D eigenvalue weighted by atomic mass is 9.69. The van der Waals surface area contributed by atoms with Crippen LogP contribution in [-0.2, 0) is 0 Å². The van der Waals surface area contributed by atoms with Crippen molar-refractivity contribution in [3.8, 4) is 0 Å². The Kier molecular flexibility index (Phi) is 3.43. The Balaban J connectivity index is 1.98. The van der Waals surface area contributed by atoms with Gasteiger partial charge in [-0.25, -0.2) is 0 Å². The van der Waals surface area contributed by atoms with Gasteiger partial charge < -0.3 is 5.73 Å². The van der Waals surface area contributed by atoms with Crippen LogP contribution < -0.4 is 5.73 Å². The normalized spacial score (nSPS) is 44.1. The lowest BCUT2D eigenvalue weighted by Crippen LogP contribution is -2.50. The van der Waals surface area contributed by atoms with Crippen LogP contribution >= 0.6 is 11.8 Å². The molecule has 2 rings (SSSR count). The first-order chi connectivity index (χ1) is 6.74. The van der Waals surface area contributed by atoms with Crippen molar-refractivity contribution in [2.45, 2.75) is 51.0 Å². The Morgan fingerprint density at radius 2 is 2.29 bits per heavy atom. The average molecular weight is 213 g/mol. The molecule has 1 aliphatic heterocycles. The van der Waals surface area contributed by atoms with Gasteiger partial charge in [0.25, 0.3) is 0 Å². The second-order valence-corrected chi connectivity index (χ2v) is 6.31. The standard InChI is InChI=1S/C12H23NS/c1-2-10-4-3-6-12(13,8-10)11-5-7-14-9-11/h10-11H,2-9,13H2,1H3. The number of hydrogen-bond acceptors (Lipinski definition) is 2. The first kappa shape index (κ1) is 10.8. The zero-order chi connectivity index (χ0) is 10.0. The fourth-order valence-corrected chi connectivity index (χ4v) is 4.57. The highest BCUT2D eigenvalue weighted by Gasteiger charge is 2.40. The van der Waals surface area contributed by atoms with E-state index in [0.717, 1.165) is 11.8 Å². The third-order valence-electron chi connectivity index (χ3n) is 4.24. The van der Waals surface area contributed by atoms with Crippen molar-refractivity contribution in [1.82, 2.24) is 0 Å². The summed E-state index contributed by atoms with van der Waals surface area (Å²) in [6.07, 6.45) is 8.09. The monoisotopic (exact) mass is 213 g/mol. The summed E-state index contributed by atoms with van der Waals surface area (Å²) in [5.74, 6) is 4.41. The summed E-state index contributed by atoms with van der Waals surface area (Å²) in [7, 11) is 0. The highest BCUT2D eigenvalue weighted by atomic mass is 32.2. The molecule has 0 aromatic rings. The minimum Gasteiger partial charge on any atom is -0.325 e. The molecule has 0 radical (unpaired) electrons. The number of thioether (sulfide) groups is 1. The van der Waals surface area contributed by atoms with Gasteiger partial charge in [0.05, 0.1) is 0 Å². The molecule has 0 aromatic carbocycles. The van der Waals surface area contributed by atoms with Crippen LogP contribution in [0.5, 0.6) is 0 Å². The van der Waals surface area contributed by atoms with Crippen molar-refractivity contribution < 1.29 is 0 Å². The van der Waals surface area contributed by atoms with E-state index >= 15 is 0 Å². The lowest BCUT2D eigenvalue weighted by Gasteiger charge is -2.42. The Labute approximate surface area is 92.2 Å². The quantitative estimate of drug-likeness (QED) is 0.763. The van der Waals surface area contributed by atoms with E-state index < -0.39 is 0 Å². The molecule has 2 aliphatic rings. The molecule has 0 aromatic heterocycles. The van der Waals surface area contributed by atoms with Gasteiger partial charge in [-0.15, -0.1) is 0 Å². The molecule has 3 unspecified atom stereocenters. The third-order valence-corrected chi connectivity index (χ3v) is 5.41. The Morgan fingerprint density at radius 1 is 1.43 bits per heavy atom. The SMILES string of the molecule is CCC1CCCC(N)(C2CCSC2)C1. The maximum atomic E-state index is 6.62. The smallest absolute Gasteiger partial charge is 0.0193 e. The third kappa shape index (κ3) is 2.11. The van der Waals surface area contributed by atoms with Crippen LogP contribution in [0.25, 0.3) is 0 Å². The molecule has 1 nitrogen and oxygen atoms in total. The average Bonchev–Trinajstić information content (AvgIpc) is 2.71. The minimum absolute atomic E-state index is 0.211. The largest absolute Gasteiger partial charge is 0.325 e. The van der Waals surface area contributed by atoms with Gasteiger partial charge in [-0.05, 0) is 42.6 Å². The first-order valence-electron chi connectivity index (χ1n) is 6.11. The fourth-order valence-electron chi connectivity index (χ4n) is 3.17. The summed E-state index contributed by atoms with van der Waals surface area (Å²) in [5.41, 5.74) is 6.83. The molecule has 0 spiro atoms. The molecule has 1 saturated heterocycles. The van der Waals surface area contributed by atoms with Crippen LogP contribution in [0.3, 0.4) is 0 Å². The van der Waals surface area contributed by atoms with E-state index in [1.54, 1.807) is 0 Å². The van der Waals surface area contributed by atoms with E-state index in [0.29, 0.717) is 0 Å². The Hall–Kier alpha value is 0.310. The van der Waals surface area contributed by atoms with Crippen LogP contribution in [0.2, 0.25) is 0 Å². The van der Waals surface area contributed by atoms with Crippen molar-refractivity contribution in [3.05, 3.63) is 0 Å². The van der Waals surface area contributed by atoms with E-state index in [1.165, 1.54) is 50.0 Å². The molecular weight excluding hydrogens is 190 g/mol. The molecule has 3 atom stereocenters. The van der Waals surface area contributed by atoms with Crippen molar-refractivity contribution in [3.63, 3.8) is 0 Å². The van der Waals surface area contributed by atoms with Gasteiger partial charge in [0.2, 0.25) is 0 Å². The number of rotatable bonds is 2. The lowest BCUT2D eigenvalue weighted by molar-refractivity contribution is 0.162. The van der Waals surface area contributed by atoms with Gasteiger partial charge in [-0.2, -0.15) is 11.8 Å². The summed E-state index contributed by atoms with van der Waals surface area (Å²) >= 11 is 2.10. The summed E-state index contributed by atoms with van der Waals surface area (Å²) in [6.45, 7) is 2.32. The van der Waals surface area contributed by atoms with E-state index in [4.69, 9.17) is 5.73 Å². The molecule has 1 aliphatic carbocycles. The number of hydrogen-bond donors (Lipinski definition) is 1. The topological polar surface area (TPSA) is 26.0 Å². The summed E-state index contributed by atoms with van der Waals surface area (Å²) in [6, 6.07) is 0. The molecule has 2 N–H and O–H groups in total. The van der Waals surface area contributed by atoms with Crippen LogP contribution in [0, 0.1) is 11.8 Å². The van der Waals surface area contributed by atoms with Crippen LogP contribution in [-0.4, -0.2) is 17.0 Å². The van der Waals surface area contributed by atoms with Gasteiger partial charge in [-0.1, -0.05) is 26.2 Å². The predicted octanol–water partition coefficient (Wildman–Crippen LogP) is 3.04. The molecule has 0 amide bonds. The van der Waals surface area contributed by atoms with Crippen LogP contribution in [0.1, 0.15) is 45.4 Å². The van der Waals surface area contributed by atoms with E-state index in [2.05, 4.69) is 18.7 Å². The fraction of sp³-hybridized carbons (Fsp3) is 1.00. The van der Waals surface area contributed by atoms with Crippen LogP contribution in [0.15, 0.2) is 0 Å². The molecule has 2 heteroatoms. The molecule has 14 heavy (non-hydrogen) atoms. The first-order valence-corrected chi connectivity index (χ1v) is 7.26. The highest BCUT2D eigenvalue weighted by molar-refractivity contribution is 7.99. The van der Waals surface area contributed by atoms with Crippen molar-refractivity contribution >= 4 is 11.8 Å². The predicted molar refractivity (Wildman–Crippen MR) is 64.6 cm³/mol. The van der Waals surface area contributed by atoms with Gasteiger partial charge in [0.15, 0.2) is 0 Å². The maximum absolute atomic E-state index is 6.62. The van der Waals surface area contributed by atoms with Gasteiger partial charge in [0, 0.05) is 5.54 Å². The molecule has 82 valence electrons. The van der Waals surface area contributed by atoms with Gasteiger partial charge >= 0.3 is 0 Å². The molecule has 1 saturated carbocycles. The second-order valence-electron chi connectivity index (χ2n) is 5.16. The minimum atomic E-state index is 0.211. The summed E-state index contributed by atoms with van der Waals surface area (Å²) in [5, 5.41) is 0. The van der Waals surface area contributed by atoms with E-state index in [9.17, 15) is 0 Å².